The zero-order valence-electron chi connectivity index (χ0n) is 12.3. The summed E-state index contributed by atoms with van der Waals surface area (Å²) in [6.07, 6.45) is 0. The summed E-state index contributed by atoms with van der Waals surface area (Å²) in [7, 11) is 1.59. The minimum Gasteiger partial charge on any atom is -0.497 e. The number of hydrogen-bond donors (Lipinski definition) is 0. The molecular weight excluding hydrogens is 308 g/mol. The first kappa shape index (κ1) is 16.2. The average Bonchev–Trinajstić information content (AvgIpc) is 2.99. The quantitative estimate of drug-likeness (QED) is 0.540. The third kappa shape index (κ3) is 4.96. The van der Waals surface area contributed by atoms with Crippen LogP contribution in [0.3, 0.4) is 0 Å². The molecule has 118 valence electrons. The Morgan fingerprint density at radius 1 is 1.32 bits per heavy atom. The Bertz CT molecular complexity index is 617. The van der Waals surface area contributed by atoms with Crippen molar-refractivity contribution in [3.05, 3.63) is 30.2 Å². The minimum atomic E-state index is -0.320. The number of nitrogens with zero attached hydrogens (tertiary/aromatic N) is 2. The van der Waals surface area contributed by atoms with Crippen molar-refractivity contribution < 1.29 is 23.4 Å². The van der Waals surface area contributed by atoms with Gasteiger partial charge in [-0.05, 0) is 19.1 Å². The van der Waals surface area contributed by atoms with Gasteiger partial charge in [-0.3, -0.25) is 4.79 Å². The molecule has 0 spiro atoms. The molecule has 8 heteroatoms. The van der Waals surface area contributed by atoms with Crippen molar-refractivity contribution in [2.45, 2.75) is 18.8 Å². The lowest BCUT2D eigenvalue weighted by molar-refractivity contribution is -0.139. The van der Waals surface area contributed by atoms with E-state index in [4.69, 9.17) is 18.6 Å². The summed E-state index contributed by atoms with van der Waals surface area (Å²) < 4.78 is 20.8. The van der Waals surface area contributed by atoms with Crippen molar-refractivity contribution in [3.63, 3.8) is 0 Å². The zero-order valence-corrected chi connectivity index (χ0v) is 13.1. The number of thioether (sulfide) groups is 1. The molecule has 0 radical (unpaired) electrons. The van der Waals surface area contributed by atoms with Gasteiger partial charge in [0.25, 0.3) is 11.1 Å². The first-order valence-corrected chi connectivity index (χ1v) is 7.57. The number of ether oxygens (including phenoxy) is 3. The molecule has 0 atom stereocenters. The molecule has 0 saturated carbocycles. The van der Waals surface area contributed by atoms with E-state index in [2.05, 4.69) is 10.2 Å². The lowest BCUT2D eigenvalue weighted by Gasteiger charge is -2.05. The molecule has 1 aromatic carbocycles. The van der Waals surface area contributed by atoms with E-state index in [1.807, 2.05) is 12.1 Å². The van der Waals surface area contributed by atoms with Crippen LogP contribution in [0.4, 0.5) is 0 Å². The SMILES string of the molecule is CCOC(=O)CSc1nnc(COc2cccc(OC)c2)o1. The van der Waals surface area contributed by atoms with Gasteiger partial charge >= 0.3 is 5.97 Å². The van der Waals surface area contributed by atoms with Crippen molar-refractivity contribution in [3.8, 4) is 11.5 Å². The maximum Gasteiger partial charge on any atom is 0.316 e. The van der Waals surface area contributed by atoms with Crippen molar-refractivity contribution in [2.75, 3.05) is 19.5 Å². The van der Waals surface area contributed by atoms with Gasteiger partial charge in [0.2, 0.25) is 0 Å². The first-order chi connectivity index (χ1) is 10.7. The van der Waals surface area contributed by atoms with E-state index in [1.165, 1.54) is 0 Å². The maximum absolute atomic E-state index is 11.2. The fourth-order valence-electron chi connectivity index (χ4n) is 1.51. The molecule has 0 aliphatic heterocycles. The van der Waals surface area contributed by atoms with Gasteiger partial charge in [0.1, 0.15) is 17.3 Å². The molecule has 1 aromatic heterocycles. The van der Waals surface area contributed by atoms with Gasteiger partial charge in [-0.25, -0.2) is 0 Å². The summed E-state index contributed by atoms with van der Waals surface area (Å²) in [6.45, 7) is 2.24. The van der Waals surface area contributed by atoms with Crippen molar-refractivity contribution in [1.82, 2.24) is 10.2 Å². The van der Waals surface area contributed by atoms with Gasteiger partial charge in [-0.2, -0.15) is 0 Å². The summed E-state index contributed by atoms with van der Waals surface area (Å²) in [5, 5.41) is 7.98. The normalized spacial score (nSPS) is 10.3. The minimum absolute atomic E-state index is 0.131. The Morgan fingerprint density at radius 3 is 2.91 bits per heavy atom. The number of aromatic nitrogens is 2. The maximum atomic E-state index is 11.2. The van der Waals surface area contributed by atoms with E-state index in [-0.39, 0.29) is 18.3 Å². The lowest BCUT2D eigenvalue weighted by Crippen LogP contribution is -2.06. The van der Waals surface area contributed by atoms with Crippen molar-refractivity contribution in [1.29, 1.82) is 0 Å². The molecule has 0 bridgehead atoms. The predicted octanol–water partition coefficient (Wildman–Crippen LogP) is 2.31. The molecule has 22 heavy (non-hydrogen) atoms. The van der Waals surface area contributed by atoms with E-state index in [1.54, 1.807) is 26.2 Å². The van der Waals surface area contributed by atoms with Gasteiger partial charge in [-0.1, -0.05) is 17.8 Å². The monoisotopic (exact) mass is 324 g/mol. The number of carbonyl (C=O) groups is 1. The summed E-state index contributed by atoms with van der Waals surface area (Å²) >= 11 is 1.13. The van der Waals surface area contributed by atoms with Crippen LogP contribution < -0.4 is 9.47 Å². The molecular formula is C14H16N2O5S. The number of esters is 1. The topological polar surface area (TPSA) is 83.7 Å². The molecule has 2 rings (SSSR count). The van der Waals surface area contributed by atoms with Crippen LogP contribution in [0.15, 0.2) is 33.9 Å². The summed E-state index contributed by atoms with van der Waals surface area (Å²) in [5.74, 6) is 1.48. The number of methoxy groups -OCH3 is 1. The Balaban J connectivity index is 1.82. The highest BCUT2D eigenvalue weighted by Gasteiger charge is 2.10. The highest BCUT2D eigenvalue weighted by molar-refractivity contribution is 7.99. The van der Waals surface area contributed by atoms with Gasteiger partial charge in [0, 0.05) is 6.07 Å². The molecule has 0 aliphatic rings. The van der Waals surface area contributed by atoms with E-state index in [0.29, 0.717) is 29.2 Å². The van der Waals surface area contributed by atoms with Crippen LogP contribution in [0.5, 0.6) is 11.5 Å². The summed E-state index contributed by atoms with van der Waals surface area (Å²) in [6, 6.07) is 7.20. The standard InChI is InChI=1S/C14H16N2O5S/c1-3-19-13(17)9-22-14-16-15-12(21-14)8-20-11-6-4-5-10(7-11)18-2/h4-7H,3,8-9H2,1-2H3. The molecule has 7 nitrogen and oxygen atoms in total. The number of carbonyl (C=O) groups excluding carboxylic acids is 1. The second kappa shape index (κ2) is 8.28. The van der Waals surface area contributed by atoms with Gasteiger partial charge in [-0.15, -0.1) is 10.2 Å². The van der Waals surface area contributed by atoms with E-state index >= 15 is 0 Å². The third-order valence-corrected chi connectivity index (χ3v) is 3.26. The molecule has 0 unspecified atom stereocenters. The van der Waals surface area contributed by atoms with Crippen molar-refractivity contribution >= 4 is 17.7 Å². The van der Waals surface area contributed by atoms with Crippen LogP contribution in [0.25, 0.3) is 0 Å². The highest BCUT2D eigenvalue weighted by Crippen LogP contribution is 2.21. The molecule has 0 fully saturated rings. The summed E-state index contributed by atoms with van der Waals surface area (Å²) in [5.41, 5.74) is 0. The number of hydrogen-bond acceptors (Lipinski definition) is 8. The molecule has 0 N–H and O–H groups in total. The van der Waals surface area contributed by atoms with E-state index in [0.717, 1.165) is 11.8 Å². The Labute approximate surface area is 132 Å². The van der Waals surface area contributed by atoms with E-state index in [9.17, 15) is 4.79 Å². The lowest BCUT2D eigenvalue weighted by atomic mass is 10.3. The smallest absolute Gasteiger partial charge is 0.316 e. The highest BCUT2D eigenvalue weighted by atomic mass is 32.2. The zero-order chi connectivity index (χ0) is 15.8. The van der Waals surface area contributed by atoms with E-state index < -0.39 is 0 Å². The van der Waals surface area contributed by atoms with Crippen LogP contribution >= 0.6 is 11.8 Å². The summed E-state index contributed by atoms with van der Waals surface area (Å²) in [4.78, 5) is 11.2. The number of rotatable bonds is 8. The predicted molar refractivity (Wildman–Crippen MR) is 79.0 cm³/mol. The second-order valence-corrected chi connectivity index (χ2v) is 4.95. The molecule has 0 amide bonds. The van der Waals surface area contributed by atoms with Crippen LogP contribution in [-0.4, -0.2) is 35.6 Å². The first-order valence-electron chi connectivity index (χ1n) is 6.59. The van der Waals surface area contributed by atoms with Gasteiger partial charge < -0.3 is 18.6 Å². The van der Waals surface area contributed by atoms with Gasteiger partial charge in [0.15, 0.2) is 6.61 Å². The fourth-order valence-corrected chi connectivity index (χ4v) is 2.09. The number of benzene rings is 1. The second-order valence-electron chi connectivity index (χ2n) is 4.02. The van der Waals surface area contributed by atoms with Crippen LogP contribution in [0.1, 0.15) is 12.8 Å². The molecule has 0 aliphatic carbocycles. The fraction of sp³-hybridized carbons (Fsp3) is 0.357. The van der Waals surface area contributed by atoms with Crippen molar-refractivity contribution in [2.24, 2.45) is 0 Å². The van der Waals surface area contributed by atoms with Crippen LogP contribution in [0.2, 0.25) is 0 Å². The average molecular weight is 324 g/mol. The molecule has 2 aromatic rings. The Hall–Kier alpha value is -2.22. The Kier molecular flexibility index (Phi) is 6.08. The largest absolute Gasteiger partial charge is 0.497 e. The molecule has 0 saturated heterocycles. The van der Waals surface area contributed by atoms with Gasteiger partial charge in [0.05, 0.1) is 13.7 Å². The van der Waals surface area contributed by atoms with Crippen LogP contribution in [-0.2, 0) is 16.1 Å². The van der Waals surface area contributed by atoms with Crippen LogP contribution in [0, 0.1) is 0 Å². The third-order valence-electron chi connectivity index (χ3n) is 2.47. The Morgan fingerprint density at radius 2 is 2.14 bits per heavy atom. The molecule has 1 heterocycles.